The summed E-state index contributed by atoms with van der Waals surface area (Å²) in [7, 11) is 4.49. The first-order valence-electron chi connectivity index (χ1n) is 4.68. The Hall–Kier alpha value is -0.0800. The number of hydrogen-bond donors (Lipinski definition) is 0. The molecule has 1 saturated heterocycles. The maximum atomic E-state index is 2.59. The van der Waals surface area contributed by atoms with Crippen LogP contribution >= 0.6 is 0 Å². The molecule has 0 N–H and O–H groups in total. The highest BCUT2D eigenvalue weighted by Gasteiger charge is 2.33. The minimum absolute atomic E-state index is 0.866. The Bertz CT molecular complexity index is 136. The zero-order chi connectivity index (χ0) is 7.84. The van der Waals surface area contributed by atoms with E-state index < -0.39 is 0 Å². The van der Waals surface area contributed by atoms with E-state index in [1.165, 1.54) is 32.4 Å². The van der Waals surface area contributed by atoms with Crippen molar-refractivity contribution in [3.63, 3.8) is 0 Å². The highest BCUT2D eigenvalue weighted by atomic mass is 15.3. The zero-order valence-corrected chi connectivity index (χ0v) is 7.58. The van der Waals surface area contributed by atoms with Crippen molar-refractivity contribution in [3.8, 4) is 0 Å². The maximum absolute atomic E-state index is 2.59. The first-order chi connectivity index (χ1) is 5.27. The number of likely N-dealkylation sites (N-methyl/N-ethyl adjacent to an activating group) is 2. The average molecular weight is 154 g/mol. The molecule has 64 valence electrons. The zero-order valence-electron chi connectivity index (χ0n) is 7.58. The molecule has 0 amide bonds. The highest BCUT2D eigenvalue weighted by Crippen LogP contribution is 2.27. The number of likely N-dealkylation sites (tertiary alicyclic amines) is 1. The van der Waals surface area contributed by atoms with Gasteiger partial charge < -0.3 is 4.90 Å². The van der Waals surface area contributed by atoms with Crippen LogP contribution in [-0.2, 0) is 0 Å². The quantitative estimate of drug-likeness (QED) is 0.580. The summed E-state index contributed by atoms with van der Waals surface area (Å²) < 4.78 is 0. The predicted octanol–water partition coefficient (Wildman–Crippen LogP) is 0.785. The second-order valence-electron chi connectivity index (χ2n) is 4.13. The van der Waals surface area contributed by atoms with Crippen LogP contribution in [0.3, 0.4) is 0 Å². The lowest BCUT2D eigenvalue weighted by Crippen LogP contribution is -2.60. The topological polar surface area (TPSA) is 6.48 Å². The van der Waals surface area contributed by atoms with E-state index >= 15 is 0 Å². The van der Waals surface area contributed by atoms with E-state index in [-0.39, 0.29) is 0 Å². The Balaban J connectivity index is 1.76. The third-order valence-electron chi connectivity index (χ3n) is 3.27. The van der Waals surface area contributed by atoms with E-state index in [0.717, 1.165) is 12.1 Å². The van der Waals surface area contributed by atoms with Gasteiger partial charge in [0, 0.05) is 25.2 Å². The summed E-state index contributed by atoms with van der Waals surface area (Å²) in [5, 5.41) is 0. The summed E-state index contributed by atoms with van der Waals surface area (Å²) in [6, 6.07) is 1.79. The molecule has 2 fully saturated rings. The van der Waals surface area contributed by atoms with Crippen molar-refractivity contribution < 1.29 is 0 Å². The van der Waals surface area contributed by atoms with Crippen LogP contribution in [-0.4, -0.2) is 49.1 Å². The third-order valence-corrected chi connectivity index (χ3v) is 3.27. The van der Waals surface area contributed by atoms with Crippen LogP contribution in [0.25, 0.3) is 0 Å². The number of hydrogen-bond acceptors (Lipinski definition) is 2. The van der Waals surface area contributed by atoms with E-state index in [9.17, 15) is 0 Å². The lowest BCUT2D eigenvalue weighted by atomic mass is 9.90. The summed E-state index contributed by atoms with van der Waals surface area (Å²) in [4.78, 5) is 4.98. The molecule has 2 nitrogen and oxygen atoms in total. The molecule has 0 atom stereocenters. The van der Waals surface area contributed by atoms with Gasteiger partial charge in [0.15, 0.2) is 0 Å². The van der Waals surface area contributed by atoms with Gasteiger partial charge in [-0.05, 0) is 26.9 Å². The normalized spacial score (nSPS) is 28.6. The molecule has 0 unspecified atom stereocenters. The molecule has 0 aromatic carbocycles. The van der Waals surface area contributed by atoms with Crippen molar-refractivity contribution >= 4 is 0 Å². The molecule has 0 radical (unpaired) electrons. The number of rotatable bonds is 2. The van der Waals surface area contributed by atoms with Crippen LogP contribution < -0.4 is 0 Å². The van der Waals surface area contributed by atoms with Gasteiger partial charge in [-0.1, -0.05) is 6.42 Å². The summed E-state index contributed by atoms with van der Waals surface area (Å²) in [6.07, 6.45) is 4.34. The first-order valence-corrected chi connectivity index (χ1v) is 4.68. The van der Waals surface area contributed by atoms with Crippen molar-refractivity contribution in [1.82, 2.24) is 9.80 Å². The Kier molecular flexibility index (Phi) is 1.90. The van der Waals surface area contributed by atoms with Crippen molar-refractivity contribution in [1.29, 1.82) is 0 Å². The molecule has 1 saturated carbocycles. The molecule has 0 bridgehead atoms. The molecule has 2 rings (SSSR count). The molecule has 0 aromatic rings. The summed E-state index contributed by atoms with van der Waals surface area (Å²) in [6.45, 7) is 2.57. The fourth-order valence-corrected chi connectivity index (χ4v) is 2.02. The fraction of sp³-hybridized carbons (Fsp3) is 1.00. The van der Waals surface area contributed by atoms with Crippen molar-refractivity contribution in [3.05, 3.63) is 0 Å². The lowest BCUT2D eigenvalue weighted by Gasteiger charge is -2.47. The predicted molar refractivity (Wildman–Crippen MR) is 46.7 cm³/mol. The van der Waals surface area contributed by atoms with E-state index in [0.29, 0.717) is 0 Å². The highest BCUT2D eigenvalue weighted by molar-refractivity contribution is 4.90. The maximum Gasteiger partial charge on any atom is 0.0350 e. The third kappa shape index (κ3) is 1.30. The molecular formula is C9H18N2. The van der Waals surface area contributed by atoms with Gasteiger partial charge in [-0.2, -0.15) is 0 Å². The second kappa shape index (κ2) is 2.76. The molecule has 1 aliphatic carbocycles. The van der Waals surface area contributed by atoms with E-state index in [4.69, 9.17) is 0 Å². The molecular weight excluding hydrogens is 136 g/mol. The van der Waals surface area contributed by atoms with Gasteiger partial charge in [0.2, 0.25) is 0 Å². The minimum Gasteiger partial charge on any atom is -0.303 e. The van der Waals surface area contributed by atoms with Crippen LogP contribution in [0, 0.1) is 0 Å². The Morgan fingerprint density at radius 2 is 1.82 bits per heavy atom. The van der Waals surface area contributed by atoms with Crippen molar-refractivity contribution in [2.24, 2.45) is 0 Å². The van der Waals surface area contributed by atoms with Gasteiger partial charge in [-0.25, -0.2) is 0 Å². The molecule has 1 heterocycles. The van der Waals surface area contributed by atoms with Crippen molar-refractivity contribution in [2.75, 3.05) is 27.2 Å². The molecule has 0 aromatic heterocycles. The molecule has 2 aliphatic rings. The smallest absolute Gasteiger partial charge is 0.0350 e. The van der Waals surface area contributed by atoms with Gasteiger partial charge in [0.1, 0.15) is 0 Å². The minimum atomic E-state index is 0.866. The summed E-state index contributed by atoms with van der Waals surface area (Å²) in [5.74, 6) is 0. The van der Waals surface area contributed by atoms with Crippen molar-refractivity contribution in [2.45, 2.75) is 31.3 Å². The van der Waals surface area contributed by atoms with Gasteiger partial charge >= 0.3 is 0 Å². The van der Waals surface area contributed by atoms with E-state index in [2.05, 4.69) is 23.9 Å². The Morgan fingerprint density at radius 3 is 2.18 bits per heavy atom. The average Bonchev–Trinajstić information content (AvgIpc) is 1.76. The van der Waals surface area contributed by atoms with Gasteiger partial charge in [0.25, 0.3) is 0 Å². The van der Waals surface area contributed by atoms with Crippen LogP contribution in [0.15, 0.2) is 0 Å². The SMILES string of the molecule is CN1CC(N(C)C2CCC2)C1. The standard InChI is InChI=1S/C9H18N2/c1-10-6-9(7-10)11(2)8-4-3-5-8/h8-9H,3-7H2,1-2H3. The summed E-state index contributed by atoms with van der Waals surface area (Å²) >= 11 is 0. The van der Waals surface area contributed by atoms with Crippen LogP contribution in [0.2, 0.25) is 0 Å². The Morgan fingerprint density at radius 1 is 1.18 bits per heavy atom. The molecule has 1 aliphatic heterocycles. The second-order valence-corrected chi connectivity index (χ2v) is 4.13. The molecule has 0 spiro atoms. The first kappa shape index (κ1) is 7.56. The van der Waals surface area contributed by atoms with E-state index in [1.54, 1.807) is 0 Å². The van der Waals surface area contributed by atoms with Gasteiger partial charge in [-0.3, -0.25) is 4.90 Å². The lowest BCUT2D eigenvalue weighted by molar-refractivity contribution is 0.0179. The van der Waals surface area contributed by atoms with Crippen LogP contribution in [0.1, 0.15) is 19.3 Å². The number of nitrogens with zero attached hydrogens (tertiary/aromatic N) is 2. The van der Waals surface area contributed by atoms with Gasteiger partial charge in [-0.15, -0.1) is 0 Å². The largest absolute Gasteiger partial charge is 0.303 e. The molecule has 11 heavy (non-hydrogen) atoms. The Labute approximate surface area is 69.2 Å². The van der Waals surface area contributed by atoms with Gasteiger partial charge in [0.05, 0.1) is 0 Å². The summed E-state index contributed by atoms with van der Waals surface area (Å²) in [5.41, 5.74) is 0. The fourth-order valence-electron chi connectivity index (χ4n) is 2.02. The van der Waals surface area contributed by atoms with E-state index in [1.807, 2.05) is 0 Å². The van der Waals surface area contributed by atoms with Crippen LogP contribution in [0.5, 0.6) is 0 Å². The monoisotopic (exact) mass is 154 g/mol. The van der Waals surface area contributed by atoms with Crippen LogP contribution in [0.4, 0.5) is 0 Å². The molecule has 2 heteroatoms.